The van der Waals surface area contributed by atoms with Crippen molar-refractivity contribution in [3.05, 3.63) is 0 Å². The fraction of sp³-hybridized carbons (Fsp3) is 0.900. The van der Waals surface area contributed by atoms with E-state index >= 15 is 0 Å². The van der Waals surface area contributed by atoms with Gasteiger partial charge in [0.25, 0.3) is 0 Å². The molecule has 2 aliphatic carbocycles. The zero-order chi connectivity index (χ0) is 9.47. The van der Waals surface area contributed by atoms with Crippen LogP contribution in [0.4, 0.5) is 0 Å². The third kappa shape index (κ3) is 1.63. The normalized spacial score (nSPS) is 35.8. The van der Waals surface area contributed by atoms with Crippen LogP contribution < -0.4 is 5.32 Å². The monoisotopic (exact) mass is 245 g/mol. The molecule has 0 radical (unpaired) electrons. The number of carbonyl (C=O) groups is 1. The van der Waals surface area contributed by atoms with Crippen molar-refractivity contribution in [3.8, 4) is 0 Å². The number of rotatable bonds is 2. The van der Waals surface area contributed by atoms with Gasteiger partial charge in [-0.3, -0.25) is 4.79 Å². The smallest absolute Gasteiger partial charge is 0.237 e. The molecule has 0 spiro atoms. The summed E-state index contributed by atoms with van der Waals surface area (Å²) in [6.07, 6.45) is 5.61. The lowest BCUT2D eigenvalue weighted by atomic mass is 9.79. The molecule has 1 amide bonds. The summed E-state index contributed by atoms with van der Waals surface area (Å²) >= 11 is 3.52. The molecule has 2 atom stereocenters. The van der Waals surface area contributed by atoms with Crippen molar-refractivity contribution in [1.82, 2.24) is 5.32 Å². The van der Waals surface area contributed by atoms with E-state index in [1.54, 1.807) is 0 Å². The molecule has 2 saturated carbocycles. The second-order valence-electron chi connectivity index (χ2n) is 4.45. The molecule has 0 aromatic rings. The van der Waals surface area contributed by atoms with Gasteiger partial charge in [-0.25, -0.2) is 0 Å². The van der Waals surface area contributed by atoms with E-state index in [9.17, 15) is 4.79 Å². The topological polar surface area (TPSA) is 29.1 Å². The van der Waals surface area contributed by atoms with E-state index in [1.807, 2.05) is 0 Å². The van der Waals surface area contributed by atoms with Gasteiger partial charge in [0.1, 0.15) is 4.32 Å². The maximum Gasteiger partial charge on any atom is 0.237 e. The highest BCUT2D eigenvalue weighted by molar-refractivity contribution is 9.10. The van der Waals surface area contributed by atoms with Gasteiger partial charge in [-0.05, 0) is 38.0 Å². The Morgan fingerprint density at radius 1 is 1.46 bits per heavy atom. The van der Waals surface area contributed by atoms with E-state index in [0.29, 0.717) is 12.0 Å². The van der Waals surface area contributed by atoms with Gasteiger partial charge in [0.05, 0.1) is 0 Å². The summed E-state index contributed by atoms with van der Waals surface area (Å²) in [7, 11) is 0. The Hall–Kier alpha value is -0.0500. The summed E-state index contributed by atoms with van der Waals surface area (Å²) in [5.74, 6) is 0.899. The number of nitrogens with one attached hydrogen (secondary N) is 1. The van der Waals surface area contributed by atoms with Crippen molar-refractivity contribution in [2.24, 2.45) is 5.92 Å². The molecule has 1 N–H and O–H groups in total. The van der Waals surface area contributed by atoms with Crippen LogP contribution in [-0.2, 0) is 4.79 Å². The van der Waals surface area contributed by atoms with E-state index in [0.717, 1.165) is 19.3 Å². The zero-order valence-electron chi connectivity index (χ0n) is 7.98. The fourth-order valence-corrected chi connectivity index (χ4v) is 2.57. The summed E-state index contributed by atoms with van der Waals surface area (Å²) in [4.78, 5) is 11.7. The van der Waals surface area contributed by atoms with Crippen molar-refractivity contribution < 1.29 is 4.79 Å². The Morgan fingerprint density at radius 2 is 2.15 bits per heavy atom. The zero-order valence-corrected chi connectivity index (χ0v) is 9.56. The second kappa shape index (κ2) is 3.26. The second-order valence-corrected chi connectivity index (χ2v) is 5.97. The molecule has 74 valence electrons. The molecule has 2 nitrogen and oxygen atoms in total. The van der Waals surface area contributed by atoms with Crippen molar-refractivity contribution >= 4 is 21.8 Å². The summed E-state index contributed by atoms with van der Waals surface area (Å²) in [6.45, 7) is 2.20. The predicted molar refractivity (Wildman–Crippen MR) is 55.8 cm³/mol. The van der Waals surface area contributed by atoms with Crippen LogP contribution in [-0.4, -0.2) is 16.3 Å². The molecule has 0 heterocycles. The Bertz CT molecular complexity index is 225. The quantitative estimate of drug-likeness (QED) is 0.743. The maximum absolute atomic E-state index is 11.7. The molecule has 0 bridgehead atoms. The molecule has 3 heteroatoms. The summed E-state index contributed by atoms with van der Waals surface area (Å²) in [6, 6.07) is 0.447. The van der Waals surface area contributed by atoms with E-state index in [-0.39, 0.29) is 10.2 Å². The van der Waals surface area contributed by atoms with Gasteiger partial charge in [-0.2, -0.15) is 0 Å². The highest BCUT2D eigenvalue weighted by Crippen LogP contribution is 2.41. The SMILES string of the molecule is CC1CCC1NC(=O)C1(Br)CCC1. The van der Waals surface area contributed by atoms with E-state index < -0.39 is 0 Å². The molecule has 0 aromatic carbocycles. The van der Waals surface area contributed by atoms with E-state index in [1.165, 1.54) is 12.8 Å². The molecule has 13 heavy (non-hydrogen) atoms. The maximum atomic E-state index is 11.7. The average Bonchev–Trinajstić information content (AvgIpc) is 2.07. The van der Waals surface area contributed by atoms with Crippen molar-refractivity contribution in [3.63, 3.8) is 0 Å². The van der Waals surface area contributed by atoms with Gasteiger partial charge in [0.15, 0.2) is 0 Å². The Kier molecular flexibility index (Phi) is 2.39. The van der Waals surface area contributed by atoms with Crippen LogP contribution in [0, 0.1) is 5.92 Å². The average molecular weight is 246 g/mol. The van der Waals surface area contributed by atoms with Crippen LogP contribution in [0.5, 0.6) is 0 Å². The van der Waals surface area contributed by atoms with Gasteiger partial charge in [-0.15, -0.1) is 0 Å². The van der Waals surface area contributed by atoms with Crippen LogP contribution >= 0.6 is 15.9 Å². The summed E-state index contributed by atoms with van der Waals surface area (Å²) in [5, 5.41) is 3.12. The summed E-state index contributed by atoms with van der Waals surface area (Å²) in [5.41, 5.74) is 0. The Morgan fingerprint density at radius 3 is 2.46 bits per heavy atom. The van der Waals surface area contributed by atoms with Crippen molar-refractivity contribution in [2.75, 3.05) is 0 Å². The minimum absolute atomic E-state index is 0.206. The minimum Gasteiger partial charge on any atom is -0.352 e. The lowest BCUT2D eigenvalue weighted by molar-refractivity contribution is -0.127. The first kappa shape index (κ1) is 9.50. The van der Waals surface area contributed by atoms with Gasteiger partial charge in [0.2, 0.25) is 5.91 Å². The molecule has 2 aliphatic rings. The number of halogens is 1. The van der Waals surface area contributed by atoms with Gasteiger partial charge in [-0.1, -0.05) is 22.9 Å². The fourth-order valence-electron chi connectivity index (χ4n) is 1.89. The molecule has 2 rings (SSSR count). The molecular weight excluding hydrogens is 230 g/mol. The molecule has 0 aliphatic heterocycles. The predicted octanol–water partition coefficient (Wildman–Crippen LogP) is 2.22. The van der Waals surface area contributed by atoms with E-state index in [4.69, 9.17) is 0 Å². The largest absolute Gasteiger partial charge is 0.352 e. The van der Waals surface area contributed by atoms with Crippen LogP contribution in [0.2, 0.25) is 0 Å². The van der Waals surface area contributed by atoms with Gasteiger partial charge >= 0.3 is 0 Å². The highest BCUT2D eigenvalue weighted by atomic mass is 79.9. The molecule has 2 fully saturated rings. The Balaban J connectivity index is 1.84. The first-order chi connectivity index (χ1) is 6.12. The van der Waals surface area contributed by atoms with Crippen LogP contribution in [0.15, 0.2) is 0 Å². The highest BCUT2D eigenvalue weighted by Gasteiger charge is 2.43. The molecule has 2 unspecified atom stereocenters. The van der Waals surface area contributed by atoms with Crippen molar-refractivity contribution in [2.45, 2.75) is 49.4 Å². The number of alkyl halides is 1. The number of hydrogen-bond acceptors (Lipinski definition) is 1. The Labute approximate surface area is 87.6 Å². The molecular formula is C10H16BrNO. The molecule has 0 saturated heterocycles. The number of amides is 1. The third-order valence-corrected chi connectivity index (χ3v) is 4.64. The van der Waals surface area contributed by atoms with Crippen molar-refractivity contribution in [1.29, 1.82) is 0 Å². The summed E-state index contributed by atoms with van der Waals surface area (Å²) < 4.78 is -0.206. The van der Waals surface area contributed by atoms with Crippen LogP contribution in [0.1, 0.15) is 39.0 Å². The van der Waals surface area contributed by atoms with Gasteiger partial charge < -0.3 is 5.32 Å². The lowest BCUT2D eigenvalue weighted by Crippen LogP contribution is -2.54. The standard InChI is InChI=1S/C10H16BrNO/c1-7-3-4-8(7)12-9(13)10(11)5-2-6-10/h7-8H,2-6H2,1H3,(H,12,13). The van der Waals surface area contributed by atoms with E-state index in [2.05, 4.69) is 28.2 Å². The third-order valence-electron chi connectivity index (χ3n) is 3.49. The first-order valence-electron chi connectivity index (χ1n) is 5.12. The lowest BCUT2D eigenvalue weighted by Gasteiger charge is -2.40. The van der Waals surface area contributed by atoms with Crippen LogP contribution in [0.25, 0.3) is 0 Å². The molecule has 0 aromatic heterocycles. The first-order valence-corrected chi connectivity index (χ1v) is 5.91. The number of hydrogen-bond donors (Lipinski definition) is 1. The van der Waals surface area contributed by atoms with Crippen LogP contribution in [0.3, 0.4) is 0 Å². The number of carbonyl (C=O) groups excluding carboxylic acids is 1. The van der Waals surface area contributed by atoms with Gasteiger partial charge in [0, 0.05) is 6.04 Å². The minimum atomic E-state index is -0.206.